The van der Waals surface area contributed by atoms with Gasteiger partial charge < -0.3 is 10.6 Å². The molecule has 0 saturated heterocycles. The Balaban J connectivity index is -0.000000284. The van der Waals surface area contributed by atoms with Crippen LogP contribution in [0.25, 0.3) is 10.6 Å². The molecule has 0 fully saturated rings. The maximum Gasteiger partial charge on any atom is -0.0578 e. The fourth-order valence-electron chi connectivity index (χ4n) is 0.898. The maximum absolute atomic E-state index is 4.51. The summed E-state index contributed by atoms with van der Waals surface area (Å²) in [6.07, 6.45) is 5.02. The van der Waals surface area contributed by atoms with Crippen molar-refractivity contribution in [2.45, 2.75) is 92.2 Å². The van der Waals surface area contributed by atoms with Crippen LogP contribution in [0.15, 0.2) is 6.99 Å². The molecule has 0 bridgehead atoms. The molecule has 0 amide bonds. The maximum atomic E-state index is 4.51. The Hall–Kier alpha value is 0.208. The van der Waals surface area contributed by atoms with E-state index in [2.05, 4.69) is 73.0 Å². The number of hydrogen-bond donors (Lipinski definition) is 0. The van der Waals surface area contributed by atoms with Gasteiger partial charge in [0, 0.05) is 0 Å². The van der Waals surface area contributed by atoms with E-state index in [0.717, 1.165) is 13.1 Å². The molecule has 0 saturated carbocycles. The van der Waals surface area contributed by atoms with Gasteiger partial charge in [-0.15, -0.1) is 13.1 Å². The van der Waals surface area contributed by atoms with Gasteiger partial charge in [0.1, 0.15) is 0 Å². The molecule has 0 aliphatic carbocycles. The molecule has 0 aliphatic heterocycles. The molecule has 23 heavy (non-hydrogen) atoms. The summed E-state index contributed by atoms with van der Waals surface area (Å²) in [7, 11) is 3.71. The van der Waals surface area contributed by atoms with E-state index in [4.69, 9.17) is 0 Å². The fraction of sp³-hybridized carbons (Fsp3) is 1.00. The van der Waals surface area contributed by atoms with E-state index in [-0.39, 0.29) is 11.1 Å². The van der Waals surface area contributed by atoms with Gasteiger partial charge in [-0.25, -0.2) is 0 Å². The first-order chi connectivity index (χ1) is 10.5. The van der Waals surface area contributed by atoms with Gasteiger partial charge in [0.25, 0.3) is 0 Å². The van der Waals surface area contributed by atoms with Crippen molar-refractivity contribution in [3.8, 4) is 0 Å². The van der Waals surface area contributed by atoms with Crippen LogP contribution in [0.2, 0.25) is 0 Å². The molecule has 0 aliphatic rings. The van der Waals surface area contributed by atoms with Crippen LogP contribution in [-0.4, -0.2) is 38.3 Å². The molecule has 140 valence electrons. The molecule has 0 N–H and O–H groups in total. The third-order valence-corrected chi connectivity index (χ3v) is 5.19. The first-order valence-corrected chi connectivity index (χ1v) is 10.5. The van der Waals surface area contributed by atoms with Crippen molar-refractivity contribution >= 4 is 0 Å². The molecule has 0 aromatic carbocycles. The summed E-state index contributed by atoms with van der Waals surface area (Å²) in [5, 5.41) is 7.85. The minimum Gasteiger partial charge on any atom is -0.665 e. The Bertz CT molecular complexity index is 250. The van der Waals surface area contributed by atoms with Crippen molar-refractivity contribution in [2.24, 2.45) is 6.99 Å². The molecule has 0 aromatic rings. The van der Waals surface area contributed by atoms with Gasteiger partial charge in [-0.3, -0.25) is 0 Å². The zero-order valence-corrected chi connectivity index (χ0v) is 19.4. The summed E-state index contributed by atoms with van der Waals surface area (Å²) in [5.74, 6) is 0. The van der Waals surface area contributed by atoms with E-state index in [1.54, 1.807) is 0 Å². The quantitative estimate of drug-likeness (QED) is 0.349. The third-order valence-electron chi connectivity index (χ3n) is 2.10. The van der Waals surface area contributed by atoms with Crippen molar-refractivity contribution in [3.63, 3.8) is 0 Å². The average Bonchev–Trinajstić information content (AvgIpc) is 2.41. The van der Waals surface area contributed by atoms with Crippen LogP contribution in [-0.2, 0) is 18.2 Å². The monoisotopic (exact) mass is 412 g/mol. The second-order valence-electron chi connectivity index (χ2n) is 7.39. The summed E-state index contributed by atoms with van der Waals surface area (Å²) in [4.78, 5) is 0. The summed E-state index contributed by atoms with van der Waals surface area (Å²) in [6, 6.07) is 0. The molecule has 0 atom stereocenters. The molecule has 0 spiro atoms. The molecule has 0 rings (SSSR count). The van der Waals surface area contributed by atoms with Gasteiger partial charge in [0.2, 0.25) is 0 Å². The van der Waals surface area contributed by atoms with Crippen LogP contribution in [0.5, 0.6) is 0 Å². The van der Waals surface area contributed by atoms with Crippen LogP contribution >= 0.6 is 0 Å². The van der Waals surface area contributed by atoms with Gasteiger partial charge in [-0.2, -0.15) is 14.1 Å². The zero-order valence-electron chi connectivity index (χ0n) is 17.4. The van der Waals surface area contributed by atoms with Crippen LogP contribution in [0.4, 0.5) is 0 Å². The molecule has 4 nitrogen and oxygen atoms in total. The minimum atomic E-state index is -0.473. The Morgan fingerprint density at radius 1 is 0.696 bits per heavy atom. The van der Waals surface area contributed by atoms with E-state index in [0.29, 0.717) is 0 Å². The predicted octanol–water partition coefficient (Wildman–Crippen LogP) is 6.61. The average molecular weight is 411 g/mol. The van der Waals surface area contributed by atoms with E-state index >= 15 is 0 Å². The number of unbranched alkanes of at least 4 members (excludes halogenated alkanes) is 2. The largest absolute Gasteiger partial charge is 0.665 e. The van der Waals surface area contributed by atoms with Gasteiger partial charge in [-0.1, -0.05) is 39.5 Å². The second-order valence-corrected chi connectivity index (χ2v) is 8.69. The van der Waals surface area contributed by atoms with Gasteiger partial charge in [0.15, 0.2) is 0 Å². The van der Waals surface area contributed by atoms with Crippen molar-refractivity contribution < 1.29 is 18.2 Å². The Morgan fingerprint density at radius 3 is 1.13 bits per heavy atom. The molecular formula is C18H42MoN4. The minimum absolute atomic E-state index is 0.108. The SMILES string of the molecule is CC(C)(C)[N]=[Mo+2]=[N]C(C)(C)C.CCCC[N-]C.CCCC[N-]C. The summed E-state index contributed by atoms with van der Waals surface area (Å²) >= 11 is -0.473. The first-order valence-electron chi connectivity index (χ1n) is 8.75. The molecule has 0 aromatic heterocycles. The Labute approximate surface area is 155 Å². The van der Waals surface area contributed by atoms with Crippen molar-refractivity contribution in [1.29, 1.82) is 0 Å². The summed E-state index contributed by atoms with van der Waals surface area (Å²) in [5.41, 5.74) is 0.216. The molecule has 0 radical (unpaired) electrons. The van der Waals surface area contributed by atoms with E-state index < -0.39 is 18.2 Å². The first kappa shape index (κ1) is 28.0. The molecular weight excluding hydrogens is 368 g/mol. The predicted molar refractivity (Wildman–Crippen MR) is 102 cm³/mol. The van der Waals surface area contributed by atoms with E-state index in [1.165, 1.54) is 25.7 Å². The van der Waals surface area contributed by atoms with Gasteiger partial charge in [-0.05, 0) is 0 Å². The van der Waals surface area contributed by atoms with Crippen molar-refractivity contribution in [2.75, 3.05) is 27.2 Å². The summed E-state index contributed by atoms with van der Waals surface area (Å²) < 4.78 is 9.01. The Morgan fingerprint density at radius 2 is 1.00 bits per heavy atom. The van der Waals surface area contributed by atoms with Crippen molar-refractivity contribution in [3.05, 3.63) is 10.6 Å². The van der Waals surface area contributed by atoms with E-state index in [1.807, 2.05) is 14.1 Å². The normalized spacial score (nSPS) is 10.5. The summed E-state index contributed by atoms with van der Waals surface area (Å²) in [6.45, 7) is 19.1. The van der Waals surface area contributed by atoms with Crippen LogP contribution in [0.3, 0.4) is 0 Å². The molecule has 0 heterocycles. The number of rotatable bonds is 6. The topological polar surface area (TPSA) is 52.9 Å². The van der Waals surface area contributed by atoms with Crippen LogP contribution in [0.1, 0.15) is 81.1 Å². The second kappa shape index (κ2) is 18.5. The van der Waals surface area contributed by atoms with Crippen molar-refractivity contribution in [1.82, 2.24) is 0 Å². The molecule has 5 heteroatoms. The zero-order chi connectivity index (χ0) is 18.8. The number of hydrogen-bond acceptors (Lipinski definition) is 2. The van der Waals surface area contributed by atoms with E-state index in [9.17, 15) is 0 Å². The fourth-order valence-corrected chi connectivity index (χ4v) is 2.20. The smallest absolute Gasteiger partial charge is 0.0578 e. The molecule has 0 unspecified atom stereocenters. The Kier molecular flexibility index (Phi) is 22.6. The van der Waals surface area contributed by atoms with Gasteiger partial charge >= 0.3 is 77.8 Å². The third kappa shape index (κ3) is 44.9. The van der Waals surface area contributed by atoms with Crippen LogP contribution < -0.4 is 0 Å². The van der Waals surface area contributed by atoms with Gasteiger partial charge in [0.05, 0.1) is 0 Å². The standard InChI is InChI=1S/2C5H12N.2C4H9N.Mo/c2*1-3-4-5-6-2;2*1-4(2,3)5;/h2*3-5H2,1-2H3;2*1-3H3;/q2*-1;;;+2. The van der Waals surface area contributed by atoms with Crippen LogP contribution in [0, 0.1) is 0 Å². The number of nitrogens with zero attached hydrogens (tertiary/aromatic N) is 4.